The molecule has 0 aromatic heterocycles. The van der Waals surface area contributed by atoms with E-state index in [4.69, 9.17) is 4.84 Å². The number of nitrogens with one attached hydrogen (secondary N) is 1. The Balaban J connectivity index is 1.61. The zero-order valence-corrected chi connectivity index (χ0v) is 11.3. The SMILES string of the molecule is CCCN1CCC(NOCc2ccccc2)CC1. The smallest absolute Gasteiger partial charge is 0.0933 e. The molecular formula is C15H24N2O. The van der Waals surface area contributed by atoms with Crippen LogP contribution in [-0.4, -0.2) is 30.6 Å². The monoisotopic (exact) mass is 248 g/mol. The van der Waals surface area contributed by atoms with Crippen molar-refractivity contribution in [3.05, 3.63) is 35.9 Å². The molecular weight excluding hydrogens is 224 g/mol. The van der Waals surface area contributed by atoms with Crippen molar-refractivity contribution in [2.45, 2.75) is 38.8 Å². The summed E-state index contributed by atoms with van der Waals surface area (Å²) in [5.74, 6) is 0. The predicted octanol–water partition coefficient (Wildman–Crippen LogP) is 2.58. The molecule has 100 valence electrons. The molecule has 0 spiro atoms. The largest absolute Gasteiger partial charge is 0.303 e. The molecule has 0 atom stereocenters. The van der Waals surface area contributed by atoms with Gasteiger partial charge in [-0.15, -0.1) is 0 Å². The summed E-state index contributed by atoms with van der Waals surface area (Å²) in [6, 6.07) is 10.8. The van der Waals surface area contributed by atoms with Gasteiger partial charge in [-0.3, -0.25) is 4.84 Å². The van der Waals surface area contributed by atoms with E-state index in [1.54, 1.807) is 0 Å². The van der Waals surface area contributed by atoms with E-state index in [1.807, 2.05) is 18.2 Å². The fourth-order valence-electron chi connectivity index (χ4n) is 2.41. The highest BCUT2D eigenvalue weighted by molar-refractivity contribution is 5.13. The summed E-state index contributed by atoms with van der Waals surface area (Å²) in [5.41, 5.74) is 4.42. The van der Waals surface area contributed by atoms with Gasteiger partial charge in [0.25, 0.3) is 0 Å². The molecule has 0 saturated carbocycles. The Kier molecular flexibility index (Phi) is 5.65. The average molecular weight is 248 g/mol. The van der Waals surface area contributed by atoms with Crippen LogP contribution in [0.15, 0.2) is 30.3 Å². The predicted molar refractivity (Wildman–Crippen MR) is 74.1 cm³/mol. The van der Waals surface area contributed by atoms with Crippen LogP contribution in [0.5, 0.6) is 0 Å². The minimum Gasteiger partial charge on any atom is -0.303 e. The minimum atomic E-state index is 0.516. The van der Waals surface area contributed by atoms with Crippen molar-refractivity contribution in [3.8, 4) is 0 Å². The molecule has 0 radical (unpaired) electrons. The maximum Gasteiger partial charge on any atom is 0.0933 e. The topological polar surface area (TPSA) is 24.5 Å². The maximum atomic E-state index is 5.59. The summed E-state index contributed by atoms with van der Waals surface area (Å²) in [6.45, 7) is 6.52. The van der Waals surface area contributed by atoms with E-state index in [-0.39, 0.29) is 0 Å². The molecule has 2 rings (SSSR count). The van der Waals surface area contributed by atoms with Gasteiger partial charge in [-0.2, -0.15) is 5.48 Å². The van der Waals surface area contributed by atoms with Gasteiger partial charge >= 0.3 is 0 Å². The number of hydroxylamine groups is 1. The lowest BCUT2D eigenvalue weighted by Gasteiger charge is -2.31. The second kappa shape index (κ2) is 7.52. The Morgan fingerprint density at radius 3 is 2.61 bits per heavy atom. The van der Waals surface area contributed by atoms with Crippen molar-refractivity contribution in [3.63, 3.8) is 0 Å². The van der Waals surface area contributed by atoms with Crippen molar-refractivity contribution < 1.29 is 4.84 Å². The van der Waals surface area contributed by atoms with Crippen LogP contribution < -0.4 is 5.48 Å². The minimum absolute atomic E-state index is 0.516. The van der Waals surface area contributed by atoms with E-state index in [1.165, 1.54) is 44.5 Å². The van der Waals surface area contributed by atoms with Gasteiger partial charge in [0.05, 0.1) is 6.61 Å². The molecule has 0 unspecified atom stereocenters. The zero-order chi connectivity index (χ0) is 12.6. The molecule has 0 bridgehead atoms. The fraction of sp³-hybridized carbons (Fsp3) is 0.600. The third-order valence-electron chi connectivity index (χ3n) is 3.46. The molecule has 1 heterocycles. The summed E-state index contributed by atoms with van der Waals surface area (Å²) in [5, 5.41) is 0. The van der Waals surface area contributed by atoms with Gasteiger partial charge in [0, 0.05) is 6.04 Å². The fourth-order valence-corrected chi connectivity index (χ4v) is 2.41. The quantitative estimate of drug-likeness (QED) is 0.783. The van der Waals surface area contributed by atoms with Gasteiger partial charge in [0.15, 0.2) is 0 Å². The molecule has 18 heavy (non-hydrogen) atoms. The second-order valence-corrected chi connectivity index (χ2v) is 5.01. The molecule has 1 N–H and O–H groups in total. The van der Waals surface area contributed by atoms with Gasteiger partial charge in [-0.25, -0.2) is 0 Å². The van der Waals surface area contributed by atoms with Crippen LogP contribution in [0.25, 0.3) is 0 Å². The van der Waals surface area contributed by atoms with Crippen molar-refractivity contribution in [2.24, 2.45) is 0 Å². The Bertz CT molecular complexity index is 321. The van der Waals surface area contributed by atoms with Gasteiger partial charge in [0.1, 0.15) is 0 Å². The van der Waals surface area contributed by atoms with Gasteiger partial charge < -0.3 is 4.90 Å². The summed E-state index contributed by atoms with van der Waals surface area (Å²) in [6.07, 6.45) is 3.63. The number of hydrogen-bond donors (Lipinski definition) is 1. The highest BCUT2D eigenvalue weighted by atomic mass is 16.6. The lowest BCUT2D eigenvalue weighted by molar-refractivity contribution is -0.0116. The standard InChI is InChI=1S/C15H24N2O/c1-2-10-17-11-8-15(9-12-17)16-18-13-14-6-4-3-5-7-14/h3-7,15-16H,2,8-13H2,1H3. The van der Waals surface area contributed by atoms with Crippen LogP contribution in [0.3, 0.4) is 0 Å². The maximum absolute atomic E-state index is 5.59. The molecule has 0 amide bonds. The number of piperidine rings is 1. The average Bonchev–Trinajstić information content (AvgIpc) is 2.42. The normalized spacial score (nSPS) is 18.1. The van der Waals surface area contributed by atoms with Crippen LogP contribution in [0.2, 0.25) is 0 Å². The first-order valence-corrected chi connectivity index (χ1v) is 7.02. The van der Waals surface area contributed by atoms with E-state index in [0.29, 0.717) is 12.6 Å². The summed E-state index contributed by atoms with van der Waals surface area (Å²) in [7, 11) is 0. The Hall–Kier alpha value is -0.900. The molecule has 3 heteroatoms. The zero-order valence-electron chi connectivity index (χ0n) is 11.3. The van der Waals surface area contributed by atoms with Crippen LogP contribution in [0, 0.1) is 0 Å². The Morgan fingerprint density at radius 1 is 1.22 bits per heavy atom. The number of benzene rings is 1. The molecule has 1 saturated heterocycles. The van der Waals surface area contributed by atoms with Gasteiger partial charge in [-0.1, -0.05) is 37.3 Å². The molecule has 1 aliphatic heterocycles. The molecule has 3 nitrogen and oxygen atoms in total. The van der Waals surface area contributed by atoms with E-state index in [9.17, 15) is 0 Å². The molecule has 0 aliphatic carbocycles. The Labute approximate surface area is 110 Å². The summed E-state index contributed by atoms with van der Waals surface area (Å²) in [4.78, 5) is 8.12. The second-order valence-electron chi connectivity index (χ2n) is 5.01. The van der Waals surface area contributed by atoms with Crippen LogP contribution >= 0.6 is 0 Å². The van der Waals surface area contributed by atoms with Crippen molar-refractivity contribution in [1.82, 2.24) is 10.4 Å². The first-order valence-electron chi connectivity index (χ1n) is 7.02. The number of hydrogen-bond acceptors (Lipinski definition) is 3. The third-order valence-corrected chi connectivity index (χ3v) is 3.46. The number of rotatable bonds is 6. The van der Waals surface area contributed by atoms with Gasteiger partial charge in [0.2, 0.25) is 0 Å². The van der Waals surface area contributed by atoms with Crippen molar-refractivity contribution in [1.29, 1.82) is 0 Å². The number of nitrogens with zero attached hydrogens (tertiary/aromatic N) is 1. The Morgan fingerprint density at radius 2 is 1.94 bits per heavy atom. The van der Waals surface area contributed by atoms with E-state index in [0.717, 1.165) is 0 Å². The van der Waals surface area contributed by atoms with Crippen molar-refractivity contribution in [2.75, 3.05) is 19.6 Å². The van der Waals surface area contributed by atoms with E-state index in [2.05, 4.69) is 29.4 Å². The molecule has 1 aromatic rings. The van der Waals surface area contributed by atoms with Gasteiger partial charge in [-0.05, 0) is 44.5 Å². The number of likely N-dealkylation sites (tertiary alicyclic amines) is 1. The van der Waals surface area contributed by atoms with E-state index < -0.39 is 0 Å². The summed E-state index contributed by atoms with van der Waals surface area (Å²) >= 11 is 0. The summed E-state index contributed by atoms with van der Waals surface area (Å²) < 4.78 is 0. The van der Waals surface area contributed by atoms with Crippen LogP contribution in [0.4, 0.5) is 0 Å². The highest BCUT2D eigenvalue weighted by Gasteiger charge is 2.18. The highest BCUT2D eigenvalue weighted by Crippen LogP contribution is 2.11. The molecule has 1 aliphatic rings. The van der Waals surface area contributed by atoms with Crippen LogP contribution in [0.1, 0.15) is 31.7 Å². The van der Waals surface area contributed by atoms with Crippen molar-refractivity contribution >= 4 is 0 Å². The third kappa shape index (κ3) is 4.41. The first-order chi connectivity index (χ1) is 8.88. The van der Waals surface area contributed by atoms with E-state index >= 15 is 0 Å². The van der Waals surface area contributed by atoms with Crippen LogP contribution in [-0.2, 0) is 11.4 Å². The molecule has 1 fully saturated rings. The lowest BCUT2D eigenvalue weighted by atomic mass is 10.1. The first kappa shape index (κ1) is 13.5. The molecule has 1 aromatic carbocycles. The lowest BCUT2D eigenvalue weighted by Crippen LogP contribution is -2.42.